The van der Waals surface area contributed by atoms with Gasteiger partial charge in [-0.2, -0.15) is 0 Å². The second-order valence-corrected chi connectivity index (χ2v) is 9.41. The van der Waals surface area contributed by atoms with Crippen LogP contribution in [0.25, 0.3) is 0 Å². The molecule has 4 rings (SSSR count). The molecule has 1 aromatic rings. The van der Waals surface area contributed by atoms with E-state index < -0.39 is 0 Å². The van der Waals surface area contributed by atoms with Crippen LogP contribution in [0.5, 0.6) is 0 Å². The van der Waals surface area contributed by atoms with E-state index in [1.807, 2.05) is 16.7 Å². The third-order valence-corrected chi connectivity index (χ3v) is 6.77. The predicted octanol–water partition coefficient (Wildman–Crippen LogP) is 0.948. The van der Waals surface area contributed by atoms with Gasteiger partial charge >= 0.3 is 0 Å². The van der Waals surface area contributed by atoms with Gasteiger partial charge in [-0.05, 0) is 40.0 Å². The molecule has 3 unspecified atom stereocenters. The number of nitrogens with one attached hydrogen (secondary N) is 1. The summed E-state index contributed by atoms with van der Waals surface area (Å²) in [5, 5.41) is 0. The minimum atomic E-state index is -0.138. The molecule has 3 fully saturated rings. The lowest BCUT2D eigenvalue weighted by molar-refractivity contribution is -0.133. The van der Waals surface area contributed by atoms with Crippen LogP contribution in [-0.2, 0) is 20.7 Å². The summed E-state index contributed by atoms with van der Waals surface area (Å²) in [5.41, 5.74) is 1.18. The number of aromatic nitrogens is 2. The third-order valence-electron chi connectivity index (χ3n) is 6.77. The summed E-state index contributed by atoms with van der Waals surface area (Å²) in [5.74, 6) is 0.734. The minimum Gasteiger partial charge on any atom is -0.378 e. The summed E-state index contributed by atoms with van der Waals surface area (Å²) in [6, 6.07) is 0.251. The molecule has 0 saturated carbocycles. The number of rotatable bonds is 6. The summed E-state index contributed by atoms with van der Waals surface area (Å²) < 4.78 is 11.2. The highest BCUT2D eigenvalue weighted by molar-refractivity contribution is 5.77. The van der Waals surface area contributed by atoms with Crippen molar-refractivity contribution >= 4 is 11.9 Å². The zero-order chi connectivity index (χ0) is 22.7. The molecule has 0 spiro atoms. The summed E-state index contributed by atoms with van der Waals surface area (Å²) in [6.07, 6.45) is 3.31. The number of anilines is 1. The maximum Gasteiger partial charge on any atom is 0.255 e. The second kappa shape index (κ2) is 10.3. The predicted molar refractivity (Wildman–Crippen MR) is 122 cm³/mol. The van der Waals surface area contributed by atoms with Crippen molar-refractivity contribution in [2.45, 2.75) is 64.7 Å². The van der Waals surface area contributed by atoms with E-state index in [0.717, 1.165) is 52.1 Å². The zero-order valence-electron chi connectivity index (χ0n) is 19.6. The van der Waals surface area contributed by atoms with Crippen molar-refractivity contribution in [1.82, 2.24) is 19.8 Å². The molecule has 0 bridgehead atoms. The molecule has 3 saturated heterocycles. The number of morpholine rings is 2. The van der Waals surface area contributed by atoms with E-state index >= 15 is 0 Å². The number of hydrogen-bond acceptors (Lipinski definition) is 7. The number of ether oxygens (including phenoxy) is 2. The Morgan fingerprint density at radius 1 is 1.16 bits per heavy atom. The van der Waals surface area contributed by atoms with Crippen molar-refractivity contribution in [2.24, 2.45) is 0 Å². The molecule has 9 heteroatoms. The van der Waals surface area contributed by atoms with Gasteiger partial charge in [-0.15, -0.1) is 0 Å². The summed E-state index contributed by atoms with van der Waals surface area (Å²) in [4.78, 5) is 39.8. The molecule has 1 N–H and O–H groups in total. The van der Waals surface area contributed by atoms with E-state index in [9.17, 15) is 9.59 Å². The molecule has 32 heavy (non-hydrogen) atoms. The molecule has 0 aromatic carbocycles. The number of amides is 1. The fourth-order valence-electron chi connectivity index (χ4n) is 5.28. The van der Waals surface area contributed by atoms with Gasteiger partial charge in [0, 0.05) is 63.0 Å². The van der Waals surface area contributed by atoms with Crippen LogP contribution in [0.1, 0.15) is 44.4 Å². The first kappa shape index (κ1) is 23.2. The van der Waals surface area contributed by atoms with Crippen LogP contribution in [0, 0.1) is 6.92 Å². The summed E-state index contributed by atoms with van der Waals surface area (Å²) in [7, 11) is 0. The highest BCUT2D eigenvalue weighted by atomic mass is 16.5. The molecule has 3 atom stereocenters. The molecular formula is C23H37N5O4. The van der Waals surface area contributed by atoms with Crippen LogP contribution >= 0.6 is 0 Å². The van der Waals surface area contributed by atoms with Gasteiger partial charge in [-0.3, -0.25) is 19.5 Å². The number of hydrogen-bond donors (Lipinski definition) is 1. The van der Waals surface area contributed by atoms with Crippen molar-refractivity contribution in [3.05, 3.63) is 21.6 Å². The van der Waals surface area contributed by atoms with Crippen LogP contribution in [0.15, 0.2) is 4.79 Å². The second-order valence-electron chi connectivity index (χ2n) is 9.41. The number of H-pyrrole nitrogens is 1. The van der Waals surface area contributed by atoms with Crippen LogP contribution in [-0.4, -0.2) is 96.4 Å². The molecule has 4 heterocycles. The number of aromatic amines is 1. The summed E-state index contributed by atoms with van der Waals surface area (Å²) in [6.45, 7) is 12.3. The Hall–Kier alpha value is -1.97. The highest BCUT2D eigenvalue weighted by Gasteiger charge is 2.32. The standard InChI is InChI=1S/C23H37N5O4/c1-16-13-26(14-17(2)32-16)15-19-5-4-8-28(19)21(29)7-6-20-18(3)24-23(25-22(20)30)27-9-11-31-12-10-27/h16-17,19H,4-15H2,1-3H3,(H,24,25,30). The molecule has 178 valence electrons. The van der Waals surface area contributed by atoms with Gasteiger partial charge in [0.1, 0.15) is 0 Å². The molecule has 1 aromatic heterocycles. The molecular weight excluding hydrogens is 410 g/mol. The Morgan fingerprint density at radius 2 is 1.88 bits per heavy atom. The van der Waals surface area contributed by atoms with Gasteiger partial charge in [0.05, 0.1) is 25.4 Å². The Labute approximate surface area is 190 Å². The average molecular weight is 448 g/mol. The first-order valence-corrected chi connectivity index (χ1v) is 12.0. The van der Waals surface area contributed by atoms with Gasteiger partial charge in [0.25, 0.3) is 5.56 Å². The molecule has 0 radical (unpaired) electrons. The first-order chi connectivity index (χ1) is 15.4. The smallest absolute Gasteiger partial charge is 0.255 e. The van der Waals surface area contributed by atoms with Crippen molar-refractivity contribution in [3.63, 3.8) is 0 Å². The van der Waals surface area contributed by atoms with E-state index in [2.05, 4.69) is 28.7 Å². The topological polar surface area (TPSA) is 91.0 Å². The largest absolute Gasteiger partial charge is 0.378 e. The van der Waals surface area contributed by atoms with Crippen molar-refractivity contribution in [2.75, 3.05) is 57.4 Å². The van der Waals surface area contributed by atoms with Crippen molar-refractivity contribution in [3.8, 4) is 0 Å². The quantitative estimate of drug-likeness (QED) is 0.694. The maximum absolute atomic E-state index is 13.1. The van der Waals surface area contributed by atoms with E-state index in [0.29, 0.717) is 43.3 Å². The van der Waals surface area contributed by atoms with Crippen molar-refractivity contribution < 1.29 is 14.3 Å². The number of carbonyl (C=O) groups excluding carboxylic acids is 1. The Kier molecular flexibility index (Phi) is 7.48. The number of nitrogens with zero attached hydrogens (tertiary/aromatic N) is 4. The minimum absolute atomic E-state index is 0.137. The molecule has 0 aliphatic carbocycles. The monoisotopic (exact) mass is 447 g/mol. The Morgan fingerprint density at radius 3 is 2.56 bits per heavy atom. The van der Waals surface area contributed by atoms with Crippen LogP contribution in [0.4, 0.5) is 5.95 Å². The fourth-order valence-corrected chi connectivity index (χ4v) is 5.28. The van der Waals surface area contributed by atoms with Crippen LogP contribution in [0.3, 0.4) is 0 Å². The van der Waals surface area contributed by atoms with Gasteiger partial charge in [-0.1, -0.05) is 0 Å². The van der Waals surface area contributed by atoms with Crippen LogP contribution < -0.4 is 10.5 Å². The molecule has 9 nitrogen and oxygen atoms in total. The Bertz CT molecular complexity index is 843. The molecule has 3 aliphatic rings. The van der Waals surface area contributed by atoms with E-state index in [1.54, 1.807) is 0 Å². The van der Waals surface area contributed by atoms with Crippen LogP contribution in [0.2, 0.25) is 0 Å². The average Bonchev–Trinajstić information content (AvgIpc) is 3.21. The highest BCUT2D eigenvalue weighted by Crippen LogP contribution is 2.22. The number of likely N-dealkylation sites (tertiary alicyclic amines) is 1. The number of carbonyl (C=O) groups is 1. The van der Waals surface area contributed by atoms with Crippen molar-refractivity contribution in [1.29, 1.82) is 0 Å². The lowest BCUT2D eigenvalue weighted by Crippen LogP contribution is -2.51. The third kappa shape index (κ3) is 5.50. The molecule has 3 aliphatic heterocycles. The fraction of sp³-hybridized carbons (Fsp3) is 0.783. The lowest BCUT2D eigenvalue weighted by atomic mass is 10.1. The van der Waals surface area contributed by atoms with E-state index in [1.165, 1.54) is 0 Å². The number of aryl methyl sites for hydroxylation is 1. The lowest BCUT2D eigenvalue weighted by Gasteiger charge is -2.38. The maximum atomic E-state index is 13.1. The zero-order valence-corrected chi connectivity index (χ0v) is 19.6. The molecule has 1 amide bonds. The van der Waals surface area contributed by atoms with Gasteiger partial charge in [-0.25, -0.2) is 4.98 Å². The van der Waals surface area contributed by atoms with E-state index in [4.69, 9.17) is 9.47 Å². The van der Waals surface area contributed by atoms with Gasteiger partial charge < -0.3 is 19.3 Å². The van der Waals surface area contributed by atoms with Gasteiger partial charge in [0.2, 0.25) is 11.9 Å². The van der Waals surface area contributed by atoms with Gasteiger partial charge in [0.15, 0.2) is 0 Å². The summed E-state index contributed by atoms with van der Waals surface area (Å²) >= 11 is 0. The Balaban J connectivity index is 1.35. The SMILES string of the molecule is Cc1nc(N2CCOCC2)[nH]c(=O)c1CCC(=O)N1CCCC1CN1CC(C)OC(C)C1. The first-order valence-electron chi connectivity index (χ1n) is 12.0. The van der Waals surface area contributed by atoms with E-state index in [-0.39, 0.29) is 29.7 Å². The normalized spacial score (nSPS) is 27.2.